The zero-order chi connectivity index (χ0) is 14.7. The van der Waals surface area contributed by atoms with Crippen molar-refractivity contribution in [3.8, 4) is 5.75 Å². The predicted molar refractivity (Wildman–Crippen MR) is 84.1 cm³/mol. The van der Waals surface area contributed by atoms with Crippen LogP contribution in [0.1, 0.15) is 11.7 Å². The fourth-order valence-corrected chi connectivity index (χ4v) is 2.25. The quantitative estimate of drug-likeness (QED) is 0.786. The normalized spacial score (nSPS) is 12.3. The topological polar surface area (TPSA) is 55.2 Å². The molecule has 0 radical (unpaired) electrons. The molecular formula is C16H13BrN2O2. The largest absolute Gasteiger partial charge is 0.490 e. The van der Waals surface area contributed by atoms with Gasteiger partial charge in [0.15, 0.2) is 0 Å². The molecule has 1 aromatic heterocycles. The lowest BCUT2D eigenvalue weighted by atomic mass is 10.1. The zero-order valence-corrected chi connectivity index (χ0v) is 12.7. The number of rotatable bonds is 4. The Hall–Kier alpha value is -1.98. The molecule has 0 aliphatic heterocycles. The van der Waals surface area contributed by atoms with Gasteiger partial charge in [0.25, 0.3) is 0 Å². The van der Waals surface area contributed by atoms with Crippen molar-refractivity contribution in [1.82, 2.24) is 9.97 Å². The Morgan fingerprint density at radius 2 is 1.71 bits per heavy atom. The molecule has 4 nitrogen and oxygen atoms in total. The molecule has 3 aromatic rings. The second kappa shape index (κ2) is 6.20. The maximum Gasteiger partial charge on any atom is 0.121 e. The van der Waals surface area contributed by atoms with Crippen LogP contribution >= 0.6 is 15.9 Å². The second-order valence-corrected chi connectivity index (χ2v) is 5.50. The molecule has 21 heavy (non-hydrogen) atoms. The molecule has 1 atom stereocenters. The minimum absolute atomic E-state index is 0.188. The van der Waals surface area contributed by atoms with E-state index in [1.54, 1.807) is 12.4 Å². The number of nitrogens with zero attached hydrogens (tertiary/aromatic N) is 2. The van der Waals surface area contributed by atoms with E-state index in [0.29, 0.717) is 5.75 Å². The van der Waals surface area contributed by atoms with Crippen LogP contribution in [-0.4, -0.2) is 21.7 Å². The molecule has 0 saturated carbocycles. The van der Waals surface area contributed by atoms with Gasteiger partial charge in [-0.1, -0.05) is 28.1 Å². The average molecular weight is 345 g/mol. The number of aliphatic hydroxyl groups is 1. The monoisotopic (exact) mass is 344 g/mol. The van der Waals surface area contributed by atoms with Crippen LogP contribution in [0, 0.1) is 0 Å². The van der Waals surface area contributed by atoms with Crippen molar-refractivity contribution in [2.75, 3.05) is 6.61 Å². The van der Waals surface area contributed by atoms with Gasteiger partial charge in [-0.25, -0.2) is 0 Å². The summed E-state index contributed by atoms with van der Waals surface area (Å²) >= 11 is 3.37. The van der Waals surface area contributed by atoms with Crippen LogP contribution in [0.2, 0.25) is 0 Å². The Morgan fingerprint density at radius 1 is 1.00 bits per heavy atom. The van der Waals surface area contributed by atoms with Crippen molar-refractivity contribution in [2.24, 2.45) is 0 Å². The Morgan fingerprint density at radius 3 is 2.48 bits per heavy atom. The van der Waals surface area contributed by atoms with E-state index >= 15 is 0 Å². The molecule has 0 bridgehead atoms. The third kappa shape index (κ3) is 3.37. The van der Waals surface area contributed by atoms with Crippen LogP contribution in [0.15, 0.2) is 59.3 Å². The summed E-state index contributed by atoms with van der Waals surface area (Å²) in [5.41, 5.74) is 2.41. The SMILES string of the molecule is OC(COc1ccc2nccnc2c1)c1ccc(Br)cc1. The lowest BCUT2D eigenvalue weighted by Crippen LogP contribution is -2.09. The van der Waals surface area contributed by atoms with E-state index in [-0.39, 0.29) is 6.61 Å². The summed E-state index contributed by atoms with van der Waals surface area (Å²) in [6.45, 7) is 0.188. The number of aliphatic hydroxyl groups excluding tert-OH is 1. The molecule has 0 spiro atoms. The van der Waals surface area contributed by atoms with Crippen LogP contribution < -0.4 is 4.74 Å². The summed E-state index contributed by atoms with van der Waals surface area (Å²) in [7, 11) is 0. The number of ether oxygens (including phenoxy) is 1. The fraction of sp³-hybridized carbons (Fsp3) is 0.125. The maximum absolute atomic E-state index is 10.1. The third-order valence-corrected chi connectivity index (χ3v) is 3.63. The highest BCUT2D eigenvalue weighted by atomic mass is 79.9. The lowest BCUT2D eigenvalue weighted by Gasteiger charge is -2.13. The zero-order valence-electron chi connectivity index (χ0n) is 11.1. The summed E-state index contributed by atoms with van der Waals surface area (Å²) in [5.74, 6) is 0.666. The van der Waals surface area contributed by atoms with E-state index in [1.807, 2.05) is 42.5 Å². The average Bonchev–Trinajstić information content (AvgIpc) is 2.53. The van der Waals surface area contributed by atoms with Gasteiger partial charge >= 0.3 is 0 Å². The number of halogens is 1. The van der Waals surface area contributed by atoms with Gasteiger partial charge in [-0.15, -0.1) is 0 Å². The Labute approximate surface area is 130 Å². The van der Waals surface area contributed by atoms with E-state index in [1.165, 1.54) is 0 Å². The Bertz CT molecular complexity index is 747. The van der Waals surface area contributed by atoms with Gasteiger partial charge in [0, 0.05) is 22.9 Å². The van der Waals surface area contributed by atoms with Crippen molar-refractivity contribution in [3.63, 3.8) is 0 Å². The summed E-state index contributed by atoms with van der Waals surface area (Å²) in [6, 6.07) is 13.0. The van der Waals surface area contributed by atoms with E-state index in [0.717, 1.165) is 21.1 Å². The number of aromatic nitrogens is 2. The van der Waals surface area contributed by atoms with Crippen molar-refractivity contribution in [3.05, 3.63) is 64.9 Å². The minimum Gasteiger partial charge on any atom is -0.490 e. The molecule has 1 unspecified atom stereocenters. The van der Waals surface area contributed by atoms with Crippen molar-refractivity contribution < 1.29 is 9.84 Å². The molecule has 3 rings (SSSR count). The van der Waals surface area contributed by atoms with Gasteiger partial charge in [0.05, 0.1) is 11.0 Å². The van der Waals surface area contributed by atoms with Gasteiger partial charge in [0.1, 0.15) is 18.5 Å². The van der Waals surface area contributed by atoms with Gasteiger partial charge < -0.3 is 9.84 Å². The van der Waals surface area contributed by atoms with E-state index in [4.69, 9.17) is 4.74 Å². The first kappa shape index (κ1) is 14.0. The highest BCUT2D eigenvalue weighted by Crippen LogP contribution is 2.21. The minimum atomic E-state index is -0.671. The Balaban J connectivity index is 1.69. The van der Waals surface area contributed by atoms with Crippen LogP contribution in [0.25, 0.3) is 11.0 Å². The Kier molecular flexibility index (Phi) is 4.13. The highest BCUT2D eigenvalue weighted by molar-refractivity contribution is 9.10. The third-order valence-electron chi connectivity index (χ3n) is 3.10. The van der Waals surface area contributed by atoms with Gasteiger partial charge in [-0.3, -0.25) is 9.97 Å². The molecule has 1 N–H and O–H groups in total. The number of fused-ring (bicyclic) bond motifs is 1. The molecule has 5 heteroatoms. The standard InChI is InChI=1S/C16H13BrN2O2/c17-12-3-1-11(2-4-12)16(20)10-21-13-5-6-14-15(9-13)19-8-7-18-14/h1-9,16,20H,10H2. The molecule has 0 aliphatic rings. The van der Waals surface area contributed by atoms with E-state index in [9.17, 15) is 5.11 Å². The van der Waals surface area contributed by atoms with Crippen molar-refractivity contribution in [2.45, 2.75) is 6.10 Å². The van der Waals surface area contributed by atoms with E-state index in [2.05, 4.69) is 25.9 Å². The molecule has 0 saturated heterocycles. The molecule has 2 aromatic carbocycles. The number of hydrogen-bond acceptors (Lipinski definition) is 4. The van der Waals surface area contributed by atoms with Crippen molar-refractivity contribution in [1.29, 1.82) is 0 Å². The fourth-order valence-electron chi connectivity index (χ4n) is 1.99. The maximum atomic E-state index is 10.1. The van der Waals surface area contributed by atoms with Crippen LogP contribution in [0.5, 0.6) is 5.75 Å². The summed E-state index contributed by atoms with van der Waals surface area (Å²) < 4.78 is 6.61. The molecule has 106 valence electrons. The molecule has 1 heterocycles. The van der Waals surface area contributed by atoms with Crippen LogP contribution in [-0.2, 0) is 0 Å². The number of hydrogen-bond donors (Lipinski definition) is 1. The number of benzene rings is 2. The summed E-state index contributed by atoms with van der Waals surface area (Å²) in [6.07, 6.45) is 2.62. The predicted octanol–water partition coefficient (Wildman–Crippen LogP) is 3.50. The first-order valence-corrected chi connectivity index (χ1v) is 7.29. The van der Waals surface area contributed by atoms with Gasteiger partial charge in [0.2, 0.25) is 0 Å². The molecular weight excluding hydrogens is 332 g/mol. The molecule has 0 fully saturated rings. The first-order valence-electron chi connectivity index (χ1n) is 6.49. The van der Waals surface area contributed by atoms with E-state index < -0.39 is 6.10 Å². The highest BCUT2D eigenvalue weighted by Gasteiger charge is 2.08. The smallest absolute Gasteiger partial charge is 0.121 e. The van der Waals surface area contributed by atoms with Crippen molar-refractivity contribution >= 4 is 27.0 Å². The van der Waals surface area contributed by atoms with Gasteiger partial charge in [-0.05, 0) is 29.8 Å². The summed E-state index contributed by atoms with van der Waals surface area (Å²) in [4.78, 5) is 8.43. The molecule has 0 aliphatic carbocycles. The first-order chi connectivity index (χ1) is 10.2. The van der Waals surface area contributed by atoms with Crippen LogP contribution in [0.4, 0.5) is 0 Å². The molecule has 0 amide bonds. The lowest BCUT2D eigenvalue weighted by molar-refractivity contribution is 0.108. The second-order valence-electron chi connectivity index (χ2n) is 4.59. The van der Waals surface area contributed by atoms with Crippen LogP contribution in [0.3, 0.4) is 0 Å². The van der Waals surface area contributed by atoms with Gasteiger partial charge in [-0.2, -0.15) is 0 Å². The summed E-state index contributed by atoms with van der Waals surface area (Å²) in [5, 5.41) is 10.1.